The van der Waals surface area contributed by atoms with Gasteiger partial charge in [0.05, 0.1) is 32.8 Å². The lowest BCUT2D eigenvalue weighted by atomic mass is 10.1. The highest BCUT2D eigenvalue weighted by atomic mass is 16.5. The van der Waals surface area contributed by atoms with Crippen LogP contribution in [0.2, 0.25) is 0 Å². The van der Waals surface area contributed by atoms with E-state index in [9.17, 15) is 0 Å². The minimum absolute atomic E-state index is 0.382. The van der Waals surface area contributed by atoms with E-state index in [-0.39, 0.29) is 0 Å². The van der Waals surface area contributed by atoms with Crippen LogP contribution in [0.4, 0.5) is 11.4 Å². The van der Waals surface area contributed by atoms with Crippen LogP contribution < -0.4 is 24.0 Å². The van der Waals surface area contributed by atoms with Crippen LogP contribution in [0, 0.1) is 6.92 Å². The van der Waals surface area contributed by atoms with Crippen molar-refractivity contribution >= 4 is 11.4 Å². The molecule has 0 N–H and O–H groups in total. The number of rotatable bonds is 7. The van der Waals surface area contributed by atoms with Crippen molar-refractivity contribution in [2.75, 3.05) is 30.7 Å². The lowest BCUT2D eigenvalue weighted by Crippen LogP contribution is -2.25. The molecule has 2 aromatic heterocycles. The molecule has 4 rings (SSSR count). The van der Waals surface area contributed by atoms with E-state index in [1.165, 1.54) is 0 Å². The normalized spacial score (nSPS) is 13.1. The lowest BCUT2D eigenvalue weighted by molar-refractivity contribution is 0.283. The first kappa shape index (κ1) is 19.6. The largest absolute Gasteiger partial charge is 0.493 e. The van der Waals surface area contributed by atoms with Crippen molar-refractivity contribution in [3.8, 4) is 17.4 Å². The zero-order chi connectivity index (χ0) is 21.1. The maximum absolute atomic E-state index is 6.07. The summed E-state index contributed by atoms with van der Waals surface area (Å²) < 4.78 is 18.5. The molecule has 0 unspecified atom stereocenters. The van der Waals surface area contributed by atoms with Crippen LogP contribution in [0.15, 0.2) is 55.3 Å². The topological polar surface area (TPSA) is 64.9 Å². The van der Waals surface area contributed by atoms with Crippen LogP contribution in [0.3, 0.4) is 0 Å². The first-order valence-corrected chi connectivity index (χ1v) is 9.58. The molecule has 1 aliphatic heterocycles. The zero-order valence-electron chi connectivity index (χ0n) is 17.6. The Morgan fingerprint density at radius 2 is 1.83 bits per heavy atom. The van der Waals surface area contributed by atoms with Crippen molar-refractivity contribution in [2.45, 2.75) is 13.5 Å². The number of aryl methyl sites for hydroxylation is 2. The molecular formula is C22H25N5O3. The average molecular weight is 407 g/mol. The van der Waals surface area contributed by atoms with Crippen molar-refractivity contribution in [1.29, 1.82) is 0 Å². The van der Waals surface area contributed by atoms with Gasteiger partial charge in [-0.05, 0) is 24.6 Å². The van der Waals surface area contributed by atoms with Crippen molar-refractivity contribution in [3.05, 3.63) is 66.4 Å². The predicted octanol–water partition coefficient (Wildman–Crippen LogP) is 3.48. The second-order valence-corrected chi connectivity index (χ2v) is 7.04. The zero-order valence-corrected chi connectivity index (χ0v) is 17.6. The molecule has 0 amide bonds. The SMILES string of the molecule is COc1ccc(COc2cc(N3C=CN(c4cnn(C)c4)C3)c(C)cc2OC)cn1. The Labute approximate surface area is 175 Å². The second kappa shape index (κ2) is 8.36. The molecule has 0 saturated heterocycles. The molecule has 0 atom stereocenters. The highest BCUT2D eigenvalue weighted by Crippen LogP contribution is 2.37. The predicted molar refractivity (Wildman–Crippen MR) is 115 cm³/mol. The van der Waals surface area contributed by atoms with Gasteiger partial charge < -0.3 is 24.0 Å². The fourth-order valence-corrected chi connectivity index (χ4v) is 3.31. The van der Waals surface area contributed by atoms with Gasteiger partial charge in [0.25, 0.3) is 0 Å². The number of methoxy groups -OCH3 is 2. The smallest absolute Gasteiger partial charge is 0.212 e. The summed E-state index contributed by atoms with van der Waals surface area (Å²) in [6.45, 7) is 3.14. The Bertz CT molecular complexity index is 1050. The van der Waals surface area contributed by atoms with Gasteiger partial charge in [-0.25, -0.2) is 4.98 Å². The monoisotopic (exact) mass is 407 g/mol. The Kier molecular flexibility index (Phi) is 5.47. The molecule has 0 fully saturated rings. The Morgan fingerprint density at radius 3 is 2.50 bits per heavy atom. The van der Waals surface area contributed by atoms with Crippen molar-refractivity contribution in [3.63, 3.8) is 0 Å². The van der Waals surface area contributed by atoms with Crippen molar-refractivity contribution < 1.29 is 14.2 Å². The molecular weight excluding hydrogens is 382 g/mol. The number of pyridine rings is 1. The highest BCUT2D eigenvalue weighted by Gasteiger charge is 2.20. The molecule has 8 heteroatoms. The third-order valence-corrected chi connectivity index (χ3v) is 4.95. The average Bonchev–Trinajstić information content (AvgIpc) is 3.42. The van der Waals surface area contributed by atoms with Gasteiger partial charge in [-0.2, -0.15) is 5.10 Å². The molecule has 156 valence electrons. The van der Waals surface area contributed by atoms with Gasteiger partial charge in [-0.15, -0.1) is 0 Å². The molecule has 0 bridgehead atoms. The third-order valence-electron chi connectivity index (χ3n) is 4.95. The summed E-state index contributed by atoms with van der Waals surface area (Å²) in [6.07, 6.45) is 9.69. The molecule has 3 aromatic rings. The van der Waals surface area contributed by atoms with E-state index in [0.29, 0.717) is 30.7 Å². The van der Waals surface area contributed by atoms with Crippen LogP contribution in [-0.2, 0) is 13.7 Å². The van der Waals surface area contributed by atoms with E-state index >= 15 is 0 Å². The molecule has 30 heavy (non-hydrogen) atoms. The number of benzene rings is 1. The van der Waals surface area contributed by atoms with Crippen LogP contribution >= 0.6 is 0 Å². The highest BCUT2D eigenvalue weighted by molar-refractivity contribution is 5.66. The minimum atomic E-state index is 0.382. The van der Waals surface area contributed by atoms with E-state index in [1.807, 2.05) is 49.9 Å². The van der Waals surface area contributed by atoms with Gasteiger partial charge in [-0.1, -0.05) is 0 Å². The summed E-state index contributed by atoms with van der Waals surface area (Å²) in [5.41, 5.74) is 4.15. The van der Waals surface area contributed by atoms with E-state index in [4.69, 9.17) is 14.2 Å². The Hall–Kier alpha value is -3.68. The molecule has 0 radical (unpaired) electrons. The van der Waals surface area contributed by atoms with Gasteiger partial charge in [0, 0.05) is 55.2 Å². The lowest BCUT2D eigenvalue weighted by Gasteiger charge is -2.23. The van der Waals surface area contributed by atoms with Crippen LogP contribution in [0.1, 0.15) is 11.1 Å². The standard InChI is InChI=1S/C22H25N5O3/c1-16-9-20(28-3)21(30-14-17-5-6-22(29-4)23-11-17)10-19(16)27-8-7-26(15-27)18-12-24-25(2)13-18/h5-13H,14-15H2,1-4H3. The maximum Gasteiger partial charge on any atom is 0.212 e. The Morgan fingerprint density at radius 1 is 1.00 bits per heavy atom. The molecule has 0 aliphatic carbocycles. The number of nitrogens with zero attached hydrogens (tertiary/aromatic N) is 5. The van der Waals surface area contributed by atoms with Gasteiger partial charge in [-0.3, -0.25) is 4.68 Å². The number of aromatic nitrogens is 3. The van der Waals surface area contributed by atoms with Crippen LogP contribution in [-0.4, -0.2) is 35.7 Å². The minimum Gasteiger partial charge on any atom is -0.493 e. The summed E-state index contributed by atoms with van der Waals surface area (Å²) in [5, 5.41) is 4.25. The number of ether oxygens (including phenoxy) is 3. The maximum atomic E-state index is 6.07. The van der Waals surface area contributed by atoms with E-state index < -0.39 is 0 Å². The molecule has 8 nitrogen and oxygen atoms in total. The molecule has 3 heterocycles. The third kappa shape index (κ3) is 4.03. The van der Waals surface area contributed by atoms with Crippen molar-refractivity contribution in [1.82, 2.24) is 14.8 Å². The summed E-state index contributed by atoms with van der Waals surface area (Å²) >= 11 is 0. The summed E-state index contributed by atoms with van der Waals surface area (Å²) in [4.78, 5) is 8.53. The fraction of sp³-hybridized carbons (Fsp3) is 0.273. The second-order valence-electron chi connectivity index (χ2n) is 7.04. The molecule has 0 spiro atoms. The van der Waals surface area contributed by atoms with Crippen LogP contribution in [0.25, 0.3) is 0 Å². The van der Waals surface area contributed by atoms with Gasteiger partial charge >= 0.3 is 0 Å². The first-order valence-electron chi connectivity index (χ1n) is 9.58. The fourth-order valence-electron chi connectivity index (χ4n) is 3.31. The van der Waals surface area contributed by atoms with Gasteiger partial charge in [0.15, 0.2) is 11.5 Å². The van der Waals surface area contributed by atoms with E-state index in [1.54, 1.807) is 25.1 Å². The van der Waals surface area contributed by atoms with Crippen molar-refractivity contribution in [2.24, 2.45) is 7.05 Å². The summed E-state index contributed by atoms with van der Waals surface area (Å²) in [6, 6.07) is 7.76. The van der Waals surface area contributed by atoms with Gasteiger partial charge in [0.1, 0.15) is 6.61 Å². The van der Waals surface area contributed by atoms with E-state index in [0.717, 1.165) is 22.5 Å². The van der Waals surface area contributed by atoms with E-state index in [2.05, 4.69) is 33.0 Å². The molecule has 1 aromatic carbocycles. The molecule has 1 aliphatic rings. The number of hydrogen-bond donors (Lipinski definition) is 0. The number of anilines is 2. The molecule has 0 saturated carbocycles. The van der Waals surface area contributed by atoms with Gasteiger partial charge in [0.2, 0.25) is 5.88 Å². The van der Waals surface area contributed by atoms with Crippen LogP contribution in [0.5, 0.6) is 17.4 Å². The quantitative estimate of drug-likeness (QED) is 0.594. The Balaban J connectivity index is 1.52. The summed E-state index contributed by atoms with van der Waals surface area (Å²) in [7, 11) is 5.16. The summed E-state index contributed by atoms with van der Waals surface area (Å²) in [5.74, 6) is 1.96. The first-order chi connectivity index (χ1) is 14.6. The number of hydrogen-bond acceptors (Lipinski definition) is 7.